The van der Waals surface area contributed by atoms with Gasteiger partial charge in [-0.3, -0.25) is 25.8 Å². The van der Waals surface area contributed by atoms with E-state index < -0.39 is 11.8 Å². The molecule has 0 radical (unpaired) electrons. The summed E-state index contributed by atoms with van der Waals surface area (Å²) in [6.07, 6.45) is 4.16. The van der Waals surface area contributed by atoms with E-state index in [-0.39, 0.29) is 11.7 Å². The fraction of sp³-hybridized carbons (Fsp3) is 0.348. The minimum Gasteiger partial charge on any atom is -0.494 e. The molecule has 0 aromatic heterocycles. The Morgan fingerprint density at radius 1 is 1.00 bits per heavy atom. The zero-order valence-electron chi connectivity index (χ0n) is 18.2. The lowest BCUT2D eigenvalue weighted by Crippen LogP contribution is -2.49. The first kappa shape index (κ1) is 25.6. The van der Waals surface area contributed by atoms with Crippen molar-refractivity contribution in [3.8, 4) is 11.5 Å². The van der Waals surface area contributed by atoms with Crippen molar-refractivity contribution >= 4 is 45.1 Å². The van der Waals surface area contributed by atoms with Crippen molar-refractivity contribution in [1.29, 1.82) is 0 Å². The maximum atomic E-state index is 12.3. The molecule has 0 fully saturated rings. The zero-order valence-corrected chi connectivity index (χ0v) is 20.6. The normalized spacial score (nSPS) is 10.2. The van der Waals surface area contributed by atoms with Crippen molar-refractivity contribution in [3.63, 3.8) is 0 Å². The topological polar surface area (TPSA) is 88.7 Å². The summed E-state index contributed by atoms with van der Waals surface area (Å²) in [5.74, 6) is 0.427. The molecule has 3 N–H and O–H groups in total. The molecule has 0 heterocycles. The summed E-state index contributed by atoms with van der Waals surface area (Å²) in [6, 6.07) is 12.5. The van der Waals surface area contributed by atoms with Crippen LogP contribution in [-0.4, -0.2) is 30.1 Å². The van der Waals surface area contributed by atoms with E-state index in [9.17, 15) is 9.59 Å². The molecule has 0 bridgehead atoms. The molecule has 2 aromatic carbocycles. The first-order valence-electron chi connectivity index (χ1n) is 10.5. The van der Waals surface area contributed by atoms with Crippen LogP contribution in [0, 0.1) is 0 Å². The number of ether oxygens (including phenoxy) is 2. The molecule has 0 atom stereocenters. The van der Waals surface area contributed by atoms with Gasteiger partial charge in [-0.25, -0.2) is 0 Å². The summed E-state index contributed by atoms with van der Waals surface area (Å²) in [6.45, 7) is 4.63. The van der Waals surface area contributed by atoms with Gasteiger partial charge in [-0.05, 0) is 83.0 Å². The molecule has 7 nitrogen and oxygen atoms in total. The number of carbonyl (C=O) groups excluding carboxylic acids is 2. The summed E-state index contributed by atoms with van der Waals surface area (Å²) in [7, 11) is 0. The molecule has 0 saturated heterocycles. The van der Waals surface area contributed by atoms with E-state index in [1.165, 1.54) is 0 Å². The second-order valence-electron chi connectivity index (χ2n) is 6.94. The number of aryl methyl sites for hydroxylation is 1. The number of benzene rings is 2. The van der Waals surface area contributed by atoms with Crippen LogP contribution in [0.3, 0.4) is 0 Å². The molecule has 172 valence electrons. The fourth-order valence-corrected chi connectivity index (χ4v) is 3.32. The minimum atomic E-state index is -0.447. The Labute approximate surface area is 202 Å². The largest absolute Gasteiger partial charge is 0.494 e. The highest BCUT2D eigenvalue weighted by atomic mass is 79.9. The van der Waals surface area contributed by atoms with Crippen LogP contribution >= 0.6 is 28.1 Å². The summed E-state index contributed by atoms with van der Waals surface area (Å²) >= 11 is 8.48. The second kappa shape index (κ2) is 13.7. The lowest BCUT2D eigenvalue weighted by atomic mass is 10.2. The van der Waals surface area contributed by atoms with Gasteiger partial charge in [-0.1, -0.05) is 32.8 Å². The SMILES string of the molecule is CCCCCOc1ccc(C(=O)NC(=S)NNC(=O)COc2ccc(CC)cc2Br)cc1. The van der Waals surface area contributed by atoms with Gasteiger partial charge >= 0.3 is 0 Å². The van der Waals surface area contributed by atoms with Crippen LogP contribution in [0.5, 0.6) is 11.5 Å². The van der Waals surface area contributed by atoms with Gasteiger partial charge in [0.05, 0.1) is 11.1 Å². The second-order valence-corrected chi connectivity index (χ2v) is 8.21. The maximum absolute atomic E-state index is 12.3. The van der Waals surface area contributed by atoms with Gasteiger partial charge in [0.15, 0.2) is 11.7 Å². The van der Waals surface area contributed by atoms with Crippen molar-refractivity contribution in [2.24, 2.45) is 0 Å². The van der Waals surface area contributed by atoms with E-state index in [2.05, 4.69) is 45.9 Å². The Bertz CT molecular complexity index is 922. The third-order valence-corrected chi connectivity index (χ3v) is 5.26. The number of unbranched alkanes of at least 4 members (excludes halogenated alkanes) is 2. The van der Waals surface area contributed by atoms with Gasteiger partial charge in [-0.2, -0.15) is 0 Å². The average Bonchev–Trinajstić information content (AvgIpc) is 2.80. The highest BCUT2D eigenvalue weighted by molar-refractivity contribution is 9.10. The monoisotopic (exact) mass is 521 g/mol. The molecule has 0 saturated carbocycles. The fourth-order valence-electron chi connectivity index (χ4n) is 2.64. The summed E-state index contributed by atoms with van der Waals surface area (Å²) in [5, 5.41) is 2.47. The smallest absolute Gasteiger partial charge is 0.276 e. The Morgan fingerprint density at radius 2 is 1.75 bits per heavy atom. The van der Waals surface area contributed by atoms with Crippen LogP contribution in [-0.2, 0) is 11.2 Å². The maximum Gasteiger partial charge on any atom is 0.276 e. The minimum absolute atomic E-state index is 0.0308. The Balaban J connectivity index is 1.71. The van der Waals surface area contributed by atoms with E-state index in [0.29, 0.717) is 23.7 Å². The van der Waals surface area contributed by atoms with Crippen LogP contribution in [0.2, 0.25) is 0 Å². The molecule has 2 amide bonds. The third kappa shape index (κ3) is 8.84. The predicted molar refractivity (Wildman–Crippen MR) is 132 cm³/mol. The number of carbonyl (C=O) groups is 2. The van der Waals surface area contributed by atoms with Gasteiger partial charge in [0, 0.05) is 5.56 Å². The number of hydrogen-bond acceptors (Lipinski definition) is 5. The average molecular weight is 522 g/mol. The molecule has 0 aliphatic rings. The molecular weight excluding hydrogens is 494 g/mol. The van der Waals surface area contributed by atoms with E-state index in [0.717, 1.165) is 35.7 Å². The molecule has 0 unspecified atom stereocenters. The third-order valence-electron chi connectivity index (χ3n) is 4.44. The summed E-state index contributed by atoms with van der Waals surface area (Å²) in [4.78, 5) is 24.3. The van der Waals surface area contributed by atoms with Crippen LogP contribution in [0.4, 0.5) is 0 Å². The van der Waals surface area contributed by atoms with Gasteiger partial charge < -0.3 is 9.47 Å². The number of nitrogens with one attached hydrogen (secondary N) is 3. The first-order valence-corrected chi connectivity index (χ1v) is 11.7. The molecule has 32 heavy (non-hydrogen) atoms. The predicted octanol–water partition coefficient (Wildman–Crippen LogP) is 4.30. The van der Waals surface area contributed by atoms with Crippen molar-refractivity contribution in [3.05, 3.63) is 58.1 Å². The van der Waals surface area contributed by atoms with Crippen molar-refractivity contribution in [1.82, 2.24) is 16.2 Å². The number of amides is 2. The molecule has 9 heteroatoms. The highest BCUT2D eigenvalue weighted by Crippen LogP contribution is 2.26. The van der Waals surface area contributed by atoms with Crippen LogP contribution < -0.4 is 25.6 Å². The highest BCUT2D eigenvalue weighted by Gasteiger charge is 2.10. The molecule has 0 aliphatic heterocycles. The molecule has 0 spiro atoms. The standard InChI is InChI=1S/C23H28BrN3O4S/c1-3-5-6-13-30-18-10-8-17(9-11-18)22(29)25-23(32)27-26-21(28)15-31-20-12-7-16(4-2)14-19(20)24/h7-12,14H,3-6,13,15H2,1-2H3,(H,26,28)(H2,25,27,29,32). The van der Waals surface area contributed by atoms with Crippen molar-refractivity contribution < 1.29 is 19.1 Å². The molecule has 2 rings (SSSR count). The Morgan fingerprint density at radius 3 is 2.41 bits per heavy atom. The van der Waals surface area contributed by atoms with Crippen molar-refractivity contribution in [2.75, 3.05) is 13.2 Å². The van der Waals surface area contributed by atoms with Gasteiger partial charge in [0.1, 0.15) is 11.5 Å². The van der Waals surface area contributed by atoms with Gasteiger partial charge in [0.2, 0.25) is 0 Å². The summed E-state index contributed by atoms with van der Waals surface area (Å²) < 4.78 is 11.9. The van der Waals surface area contributed by atoms with Gasteiger partial charge in [-0.15, -0.1) is 0 Å². The number of rotatable bonds is 10. The first-order chi connectivity index (χ1) is 15.4. The number of thiocarbonyl (C=S) groups is 1. The zero-order chi connectivity index (χ0) is 23.3. The van der Waals surface area contributed by atoms with E-state index in [1.54, 1.807) is 30.3 Å². The lowest BCUT2D eigenvalue weighted by Gasteiger charge is -2.12. The van der Waals surface area contributed by atoms with Crippen molar-refractivity contribution in [2.45, 2.75) is 39.5 Å². The molecular formula is C23H28BrN3O4S. The quantitative estimate of drug-likeness (QED) is 0.245. The van der Waals surface area contributed by atoms with Crippen LogP contribution in [0.15, 0.2) is 46.9 Å². The molecule has 0 aliphatic carbocycles. The molecule has 2 aromatic rings. The Hall–Kier alpha value is -2.65. The summed E-state index contributed by atoms with van der Waals surface area (Å²) in [5.41, 5.74) is 6.46. The van der Waals surface area contributed by atoms with Crippen LogP contribution in [0.25, 0.3) is 0 Å². The lowest BCUT2D eigenvalue weighted by molar-refractivity contribution is -0.123. The Kier molecular flexibility index (Phi) is 11.0. The van der Waals surface area contributed by atoms with Gasteiger partial charge in [0.25, 0.3) is 11.8 Å². The number of halogens is 1. The van der Waals surface area contributed by atoms with E-state index in [4.69, 9.17) is 21.7 Å². The van der Waals surface area contributed by atoms with E-state index >= 15 is 0 Å². The number of hydrogen-bond donors (Lipinski definition) is 3. The number of hydrazine groups is 1. The van der Waals surface area contributed by atoms with Crippen LogP contribution in [0.1, 0.15) is 49.0 Å². The van der Waals surface area contributed by atoms with E-state index in [1.807, 2.05) is 12.1 Å².